The number of ketones is 1. The summed E-state index contributed by atoms with van der Waals surface area (Å²) >= 11 is 0. The molecule has 1 N–H and O–H groups in total. The van der Waals surface area contributed by atoms with Crippen LogP contribution >= 0.6 is 0 Å². The molecule has 2 rings (SSSR count). The van der Waals surface area contributed by atoms with Crippen LogP contribution in [0.25, 0.3) is 0 Å². The van der Waals surface area contributed by atoms with E-state index >= 15 is 0 Å². The van der Waals surface area contributed by atoms with Gasteiger partial charge in [-0.3, -0.25) is 14.3 Å². The highest BCUT2D eigenvalue weighted by molar-refractivity contribution is 5.94. The molecule has 37 heavy (non-hydrogen) atoms. The average molecular weight is 522 g/mol. The number of Topliss-reactive ketones (excluding diaryl/α,β-unsaturated/α-hetero) is 1. The van der Waals surface area contributed by atoms with Gasteiger partial charge < -0.3 is 29.0 Å². The summed E-state index contributed by atoms with van der Waals surface area (Å²) in [7, 11) is 0. The van der Waals surface area contributed by atoms with Crippen molar-refractivity contribution in [3.05, 3.63) is 53.3 Å². The second kappa shape index (κ2) is 18.6. The first kappa shape index (κ1) is 30.6. The molecule has 0 aliphatic rings. The normalized spacial score (nSPS) is 12.0. The van der Waals surface area contributed by atoms with Crippen LogP contribution in [0.3, 0.4) is 0 Å². The number of carbonyl (C=O) groups excluding carboxylic acids is 2. The number of benzene rings is 1. The van der Waals surface area contributed by atoms with Gasteiger partial charge in [0.1, 0.15) is 6.61 Å². The third-order valence-corrected chi connectivity index (χ3v) is 5.44. The van der Waals surface area contributed by atoms with Gasteiger partial charge in [0.25, 0.3) is 5.91 Å². The Kier molecular flexibility index (Phi) is 15.4. The highest BCUT2D eigenvalue weighted by Gasteiger charge is 2.11. The summed E-state index contributed by atoms with van der Waals surface area (Å²) in [5, 5.41) is 7.29. The van der Waals surface area contributed by atoms with Crippen molar-refractivity contribution in [3.8, 4) is 0 Å². The molecule has 1 heterocycles. The lowest BCUT2D eigenvalue weighted by Crippen LogP contribution is -2.27. The van der Waals surface area contributed by atoms with Crippen LogP contribution in [0.15, 0.2) is 36.7 Å². The molecule has 1 aromatic heterocycles. The van der Waals surface area contributed by atoms with Gasteiger partial charge in [-0.2, -0.15) is 5.10 Å². The number of hydrogen-bond donors (Lipinski definition) is 1. The second-order valence-electron chi connectivity index (χ2n) is 8.44. The smallest absolute Gasteiger partial charge is 0.251 e. The zero-order valence-corrected chi connectivity index (χ0v) is 22.3. The van der Waals surface area contributed by atoms with Gasteiger partial charge in [0.2, 0.25) is 0 Å². The molecular weight excluding hydrogens is 478 g/mol. The summed E-state index contributed by atoms with van der Waals surface area (Å²) < 4.78 is 28.7. The lowest BCUT2D eigenvalue weighted by atomic mass is 10.1. The maximum Gasteiger partial charge on any atom is 0.251 e. The van der Waals surface area contributed by atoms with Crippen LogP contribution in [-0.4, -0.2) is 94.1 Å². The molecule has 0 spiro atoms. The minimum Gasteiger partial charge on any atom is -0.377 e. The predicted octanol–water partition coefficient (Wildman–Crippen LogP) is 2.70. The van der Waals surface area contributed by atoms with E-state index in [1.807, 2.05) is 35.1 Å². The first-order valence-corrected chi connectivity index (χ1v) is 12.8. The number of nitrogens with one attached hydrogen (secondary N) is 1. The first-order valence-electron chi connectivity index (χ1n) is 12.8. The molecule has 1 amide bonds. The Morgan fingerprint density at radius 3 is 1.95 bits per heavy atom. The lowest BCUT2D eigenvalue weighted by molar-refractivity contribution is -0.122. The number of aromatic nitrogens is 2. The van der Waals surface area contributed by atoms with Crippen molar-refractivity contribution in [2.45, 2.75) is 33.2 Å². The molecule has 0 radical (unpaired) electrons. The summed E-state index contributed by atoms with van der Waals surface area (Å²) in [6.07, 6.45) is 4.90. The fraction of sp³-hybridized carbons (Fsp3) is 0.593. The maximum atomic E-state index is 12.4. The largest absolute Gasteiger partial charge is 0.377 e. The highest BCUT2D eigenvalue weighted by Crippen LogP contribution is 2.18. The van der Waals surface area contributed by atoms with Gasteiger partial charge in [0.05, 0.1) is 71.7 Å². The quantitative estimate of drug-likeness (QED) is 0.250. The molecule has 0 saturated heterocycles. The number of amides is 1. The SMILES string of the molecule is CCc1cnn(C(C)c2ccc(C(=O)NCCOCCOCCOCCOCCOCC(C)=O)cc2)c1.[HH]. The Hall–Kier alpha value is -2.63. The van der Waals surface area contributed by atoms with Crippen molar-refractivity contribution < 1.29 is 34.7 Å². The Bertz CT molecular complexity index is 908. The number of carbonyl (C=O) groups is 2. The summed E-state index contributed by atoms with van der Waals surface area (Å²) in [5.41, 5.74) is 2.91. The van der Waals surface area contributed by atoms with Gasteiger partial charge in [-0.1, -0.05) is 19.1 Å². The zero-order valence-electron chi connectivity index (χ0n) is 22.3. The zero-order chi connectivity index (χ0) is 26.7. The molecule has 0 saturated carbocycles. The predicted molar refractivity (Wildman–Crippen MR) is 141 cm³/mol. The molecule has 1 aromatic carbocycles. The van der Waals surface area contributed by atoms with Gasteiger partial charge in [-0.05, 0) is 43.5 Å². The minimum atomic E-state index is -0.129. The molecule has 0 bridgehead atoms. The van der Waals surface area contributed by atoms with Gasteiger partial charge in [-0.15, -0.1) is 0 Å². The van der Waals surface area contributed by atoms with Crippen molar-refractivity contribution in [1.29, 1.82) is 0 Å². The van der Waals surface area contributed by atoms with Gasteiger partial charge >= 0.3 is 0 Å². The van der Waals surface area contributed by atoms with Crippen LogP contribution in [0.5, 0.6) is 0 Å². The molecule has 0 fully saturated rings. The summed E-state index contributed by atoms with van der Waals surface area (Å²) in [6.45, 7) is 10.2. The fourth-order valence-corrected chi connectivity index (χ4v) is 3.27. The molecule has 208 valence electrons. The number of nitrogens with zero attached hydrogens (tertiary/aromatic N) is 2. The number of hydrogen-bond acceptors (Lipinski definition) is 8. The fourth-order valence-electron chi connectivity index (χ4n) is 3.27. The van der Waals surface area contributed by atoms with E-state index in [0.29, 0.717) is 71.6 Å². The number of aryl methyl sites for hydroxylation is 1. The molecule has 10 heteroatoms. The van der Waals surface area contributed by atoms with Crippen LogP contribution in [-0.2, 0) is 34.9 Å². The van der Waals surface area contributed by atoms with E-state index in [0.717, 1.165) is 12.0 Å². The Balaban J connectivity index is 0.00000722. The van der Waals surface area contributed by atoms with Crippen LogP contribution in [0, 0.1) is 0 Å². The molecule has 1 unspecified atom stereocenters. The summed E-state index contributed by atoms with van der Waals surface area (Å²) in [4.78, 5) is 23.1. The number of ether oxygens (including phenoxy) is 5. The van der Waals surface area contributed by atoms with E-state index < -0.39 is 0 Å². The maximum absolute atomic E-state index is 12.4. The highest BCUT2D eigenvalue weighted by atomic mass is 16.6. The monoisotopic (exact) mass is 521 g/mol. The lowest BCUT2D eigenvalue weighted by Gasteiger charge is -2.13. The van der Waals surface area contributed by atoms with Crippen LogP contribution < -0.4 is 5.32 Å². The molecule has 10 nitrogen and oxygen atoms in total. The van der Waals surface area contributed by atoms with E-state index in [1.54, 1.807) is 0 Å². The molecule has 0 aliphatic heterocycles. The average Bonchev–Trinajstić information content (AvgIpc) is 3.39. The van der Waals surface area contributed by atoms with E-state index in [1.165, 1.54) is 12.5 Å². The molecule has 2 aromatic rings. The van der Waals surface area contributed by atoms with Crippen molar-refractivity contribution in [1.82, 2.24) is 15.1 Å². The van der Waals surface area contributed by atoms with Crippen LogP contribution in [0.4, 0.5) is 0 Å². The van der Waals surface area contributed by atoms with Crippen molar-refractivity contribution in [2.24, 2.45) is 0 Å². The topological polar surface area (TPSA) is 110 Å². The second-order valence-corrected chi connectivity index (χ2v) is 8.44. The van der Waals surface area contributed by atoms with Gasteiger partial charge in [0.15, 0.2) is 5.78 Å². The standard InChI is InChI=1S/C27H41N3O7.H2/c1-4-24-19-29-30(20-24)23(3)25-5-7-26(8-6-25)27(32)28-9-10-33-11-12-34-13-14-35-15-16-36-17-18-37-21-22(2)31;/h5-8,19-20,23H,4,9-18,21H2,1-3H3,(H,28,32);1H. The Labute approximate surface area is 221 Å². The van der Waals surface area contributed by atoms with Gasteiger partial charge in [-0.25, -0.2) is 0 Å². The Morgan fingerprint density at radius 2 is 1.43 bits per heavy atom. The van der Waals surface area contributed by atoms with E-state index in [2.05, 4.69) is 30.5 Å². The van der Waals surface area contributed by atoms with E-state index in [4.69, 9.17) is 23.7 Å². The summed E-state index contributed by atoms with van der Waals surface area (Å²) in [6, 6.07) is 7.69. The number of rotatable bonds is 21. The van der Waals surface area contributed by atoms with Crippen molar-refractivity contribution >= 4 is 11.7 Å². The van der Waals surface area contributed by atoms with Gasteiger partial charge in [0, 0.05) is 19.7 Å². The summed E-state index contributed by atoms with van der Waals surface area (Å²) in [5.74, 6) is -0.128. The van der Waals surface area contributed by atoms with Crippen molar-refractivity contribution in [3.63, 3.8) is 0 Å². The third kappa shape index (κ3) is 12.9. The van der Waals surface area contributed by atoms with Crippen LogP contribution in [0.1, 0.15) is 49.7 Å². The molecular formula is C27H43N3O7. The van der Waals surface area contributed by atoms with Crippen molar-refractivity contribution in [2.75, 3.05) is 72.6 Å². The third-order valence-electron chi connectivity index (χ3n) is 5.44. The molecule has 1 atom stereocenters. The van der Waals surface area contributed by atoms with E-state index in [9.17, 15) is 9.59 Å². The van der Waals surface area contributed by atoms with E-state index in [-0.39, 0.29) is 25.8 Å². The first-order chi connectivity index (χ1) is 18.0. The minimum absolute atomic E-state index is 0. The molecule has 0 aliphatic carbocycles. The van der Waals surface area contributed by atoms with Crippen LogP contribution in [0.2, 0.25) is 0 Å². The Morgan fingerprint density at radius 1 is 0.892 bits per heavy atom.